The molecule has 4 aromatic heterocycles. The van der Waals surface area contributed by atoms with E-state index < -0.39 is 23.3 Å². The van der Waals surface area contributed by atoms with Gasteiger partial charge in [0.05, 0.1) is 128 Å². The SMILES string of the molecule is COc1ccc2nccc(CCC3OCC(NCc4cc(F)cc(F)c4)CO3)c2c1.COc1ccc2nccc(CCC3OCC(NCc4ccc(F)cc4)CO3)c2c1.COc1ccc2nccc(CCC3OCC(NCc4cccc(C)c4)CO3)c2c1.COc1ccc2nccc(CCC3OCC(NCc4cccc(F)c4F)CO3)c2c1. The van der Waals surface area contributed by atoms with E-state index in [-0.39, 0.29) is 67.3 Å². The van der Waals surface area contributed by atoms with Crippen LogP contribution in [0.4, 0.5) is 22.0 Å². The first-order valence-electron chi connectivity index (χ1n) is 39.9. The molecule has 12 aromatic rings. The third-order valence-corrected chi connectivity index (χ3v) is 20.9. The first kappa shape index (κ1) is 85.6. The zero-order chi connectivity index (χ0) is 82.0. The first-order valence-corrected chi connectivity index (χ1v) is 39.9. The van der Waals surface area contributed by atoms with Gasteiger partial charge in [-0.15, -0.1) is 0 Å². The molecule has 0 radical (unpaired) electrons. The van der Waals surface area contributed by atoms with Gasteiger partial charge in [-0.05, 0) is 199 Å². The molecule has 0 unspecified atom stereocenters. The van der Waals surface area contributed by atoms with Gasteiger partial charge in [0.1, 0.15) is 40.4 Å². The maximum atomic E-state index is 13.7. The summed E-state index contributed by atoms with van der Waals surface area (Å²) in [6.07, 6.45) is 12.6. The zero-order valence-corrected chi connectivity index (χ0v) is 67.0. The van der Waals surface area contributed by atoms with E-state index in [9.17, 15) is 22.0 Å². The molecule has 8 heterocycles. The van der Waals surface area contributed by atoms with Gasteiger partial charge in [0.2, 0.25) is 0 Å². The van der Waals surface area contributed by atoms with E-state index in [2.05, 4.69) is 78.5 Å². The Morgan fingerprint density at radius 3 is 0.992 bits per heavy atom. The average Bonchev–Trinajstić information content (AvgIpc) is 0.864. The Labute approximate surface area is 684 Å². The Morgan fingerprint density at radius 1 is 0.314 bits per heavy atom. The topological polar surface area (TPSA) is 210 Å². The van der Waals surface area contributed by atoms with Crippen molar-refractivity contribution in [3.8, 4) is 23.0 Å². The lowest BCUT2D eigenvalue weighted by atomic mass is 10.0. The van der Waals surface area contributed by atoms with Crippen LogP contribution in [0.15, 0.2) is 207 Å². The number of methoxy groups -OCH3 is 4. The number of nitrogens with one attached hydrogen (secondary N) is 4. The zero-order valence-electron chi connectivity index (χ0n) is 67.0. The van der Waals surface area contributed by atoms with Gasteiger partial charge < -0.3 is 78.1 Å². The second-order valence-corrected chi connectivity index (χ2v) is 29.4. The number of pyridine rings is 4. The molecular formula is C93H101F5N8O12. The summed E-state index contributed by atoms with van der Waals surface area (Å²) in [4.78, 5) is 17.7. The van der Waals surface area contributed by atoms with E-state index in [0.29, 0.717) is 77.9 Å². The highest BCUT2D eigenvalue weighted by Gasteiger charge is 2.27. The minimum Gasteiger partial charge on any atom is -0.497 e. The largest absolute Gasteiger partial charge is 0.497 e. The van der Waals surface area contributed by atoms with Crippen molar-refractivity contribution in [2.75, 3.05) is 81.3 Å². The molecule has 0 amide bonds. The highest BCUT2D eigenvalue weighted by Crippen LogP contribution is 2.31. The lowest BCUT2D eigenvalue weighted by Gasteiger charge is -2.30. The van der Waals surface area contributed by atoms with Crippen LogP contribution in [0.2, 0.25) is 0 Å². The summed E-state index contributed by atoms with van der Waals surface area (Å²) in [5.74, 6) is 0.231. The predicted molar refractivity (Wildman–Crippen MR) is 442 cm³/mol. The van der Waals surface area contributed by atoms with Gasteiger partial charge >= 0.3 is 0 Å². The average molecular weight is 1620 g/mol. The van der Waals surface area contributed by atoms with Crippen LogP contribution >= 0.6 is 0 Å². The van der Waals surface area contributed by atoms with Crippen LogP contribution in [-0.4, -0.2) is 151 Å². The number of rotatable bonds is 28. The Kier molecular flexibility index (Phi) is 31.5. The molecule has 20 nitrogen and oxygen atoms in total. The number of hydrogen-bond donors (Lipinski definition) is 4. The number of aromatic nitrogens is 4. The van der Waals surface area contributed by atoms with Gasteiger partial charge in [-0.25, -0.2) is 22.0 Å². The molecule has 4 saturated heterocycles. The fourth-order valence-electron chi connectivity index (χ4n) is 14.4. The van der Waals surface area contributed by atoms with Crippen LogP contribution in [0.1, 0.15) is 75.8 Å². The van der Waals surface area contributed by atoms with Crippen molar-refractivity contribution >= 4 is 43.6 Å². The molecule has 620 valence electrons. The van der Waals surface area contributed by atoms with Crippen molar-refractivity contribution in [1.82, 2.24) is 41.2 Å². The summed E-state index contributed by atoms with van der Waals surface area (Å²) >= 11 is 0. The second-order valence-electron chi connectivity index (χ2n) is 29.4. The van der Waals surface area contributed by atoms with Crippen LogP contribution in [0, 0.1) is 36.0 Å². The van der Waals surface area contributed by atoms with Gasteiger partial charge in [0.15, 0.2) is 36.8 Å². The van der Waals surface area contributed by atoms with Crippen molar-refractivity contribution in [3.05, 3.63) is 286 Å². The molecule has 4 aliphatic heterocycles. The number of halogens is 5. The minimum atomic E-state index is -0.841. The maximum absolute atomic E-state index is 13.7. The highest BCUT2D eigenvalue weighted by molar-refractivity contribution is 5.86. The van der Waals surface area contributed by atoms with E-state index in [4.69, 9.17) is 56.8 Å². The van der Waals surface area contributed by atoms with E-state index in [1.807, 2.05) is 110 Å². The lowest BCUT2D eigenvalue weighted by Crippen LogP contribution is -2.44. The number of fused-ring (bicyclic) bond motifs is 4. The Bertz CT molecular complexity index is 5170. The number of ether oxygens (including phenoxy) is 12. The van der Waals surface area contributed by atoms with Crippen LogP contribution < -0.4 is 40.2 Å². The smallest absolute Gasteiger partial charge is 0.163 e. The second kappa shape index (κ2) is 43.5. The van der Waals surface area contributed by atoms with Gasteiger partial charge in [-0.1, -0.05) is 54.1 Å². The monoisotopic (exact) mass is 1620 g/mol. The van der Waals surface area contributed by atoms with E-state index in [0.717, 1.165) is 141 Å². The van der Waals surface area contributed by atoms with E-state index in [1.54, 1.807) is 52.8 Å². The Hall–Kier alpha value is -10.2. The van der Waals surface area contributed by atoms with Crippen molar-refractivity contribution in [3.63, 3.8) is 0 Å². The summed E-state index contributed by atoms with van der Waals surface area (Å²) in [6, 6.07) is 54.7. The maximum Gasteiger partial charge on any atom is 0.163 e. The molecule has 0 spiro atoms. The van der Waals surface area contributed by atoms with Crippen LogP contribution in [0.25, 0.3) is 43.6 Å². The normalized spacial score (nSPS) is 19.3. The summed E-state index contributed by atoms with van der Waals surface area (Å²) in [5.41, 5.74) is 13.0. The molecule has 8 aromatic carbocycles. The molecular weight excluding hydrogens is 1520 g/mol. The number of benzene rings is 8. The van der Waals surface area contributed by atoms with E-state index >= 15 is 0 Å². The fourth-order valence-corrected chi connectivity index (χ4v) is 14.4. The molecule has 118 heavy (non-hydrogen) atoms. The van der Waals surface area contributed by atoms with Crippen LogP contribution in [0.5, 0.6) is 23.0 Å². The number of hydrogen-bond acceptors (Lipinski definition) is 20. The molecule has 0 atom stereocenters. The van der Waals surface area contributed by atoms with Crippen molar-refractivity contribution in [1.29, 1.82) is 0 Å². The predicted octanol–water partition coefficient (Wildman–Crippen LogP) is 15.8. The molecule has 0 bridgehead atoms. The molecule has 4 aliphatic rings. The van der Waals surface area contributed by atoms with Gasteiger partial charge in [-0.2, -0.15) is 0 Å². The third kappa shape index (κ3) is 24.9. The summed E-state index contributed by atoms with van der Waals surface area (Å²) < 4.78 is 135. The molecule has 0 saturated carbocycles. The molecule has 25 heteroatoms. The van der Waals surface area contributed by atoms with Crippen LogP contribution in [-0.2, 0) is 89.8 Å². The quantitative estimate of drug-likeness (QED) is 0.0336. The molecule has 16 rings (SSSR count). The van der Waals surface area contributed by atoms with Crippen molar-refractivity contribution < 1.29 is 78.8 Å². The summed E-state index contributed by atoms with van der Waals surface area (Å²) in [7, 11) is 6.65. The van der Waals surface area contributed by atoms with E-state index in [1.165, 1.54) is 58.1 Å². The Morgan fingerprint density at radius 2 is 0.644 bits per heavy atom. The van der Waals surface area contributed by atoms with Gasteiger partial charge in [-0.3, -0.25) is 19.9 Å². The molecule has 4 fully saturated rings. The van der Waals surface area contributed by atoms with Crippen molar-refractivity contribution in [2.24, 2.45) is 0 Å². The standard InChI is InChI=1S/C24H28N2O3.2C23H24F2N2O3.C23H25FN2O3/c1-17-4-3-5-18(12-17)14-26-20-15-28-24(29-16-20)9-6-19-10-11-25-23-8-7-21(27-2)13-22(19)23;1-28-20-3-4-22-21(11-20)16(6-7-26-22)2-5-23-29-13-19(14-30-23)27-12-15-8-17(24)10-18(25)9-15;1-28-18-6-7-21-19(11-18)15(9-10-26-21)5-8-22-29-13-17(14-30-22)27-12-16-3-2-4-20(24)23(16)25;1-27-20-7-8-22-21(12-20)17(10-11-25-22)4-9-23-28-14-19(15-29-23)26-13-16-2-5-18(24)6-3-16/h3-5,7-8,10-13,20,24,26H,6,9,14-16H2,1-2H3;3-4,6-11,19,23,27H,2,5,12-14H2,1H3;2-4,6-7,9-11,17,22,27H,5,8,12-14H2,1H3;2-3,5-8,10-12,19,23,26H,4,9,13-15H2,1H3. The summed E-state index contributed by atoms with van der Waals surface area (Å²) in [5, 5.41) is 17.6. The Balaban J connectivity index is 0.000000136. The number of nitrogens with zero attached hydrogens (tertiary/aromatic N) is 4. The lowest BCUT2D eigenvalue weighted by molar-refractivity contribution is -0.192. The molecule has 4 N–H and O–H groups in total. The van der Waals surface area contributed by atoms with Gasteiger partial charge in [0.25, 0.3) is 0 Å². The first-order chi connectivity index (χ1) is 57.7. The number of aryl methyl sites for hydroxylation is 5. The summed E-state index contributed by atoms with van der Waals surface area (Å²) in [6.45, 7) is 8.55. The minimum absolute atomic E-state index is 0.0291. The van der Waals surface area contributed by atoms with Crippen molar-refractivity contribution in [2.45, 2.75) is 134 Å². The highest BCUT2D eigenvalue weighted by atomic mass is 19.2. The van der Waals surface area contributed by atoms with Gasteiger partial charge in [0, 0.05) is 110 Å². The molecule has 0 aliphatic carbocycles. The fraction of sp³-hybridized carbons (Fsp3) is 0.355. The van der Waals surface area contributed by atoms with Crippen LogP contribution in [0.3, 0.4) is 0 Å². The third-order valence-electron chi connectivity index (χ3n) is 20.9.